The second-order valence-electron chi connectivity index (χ2n) is 4.79. The molecule has 0 amide bonds. The molecule has 2 heteroatoms. The van der Waals surface area contributed by atoms with Crippen LogP contribution in [-0.4, -0.2) is 19.6 Å². The highest BCUT2D eigenvalue weighted by molar-refractivity contribution is 5.52. The van der Waals surface area contributed by atoms with Crippen LogP contribution in [0.3, 0.4) is 0 Å². The Morgan fingerprint density at radius 2 is 2.17 bits per heavy atom. The summed E-state index contributed by atoms with van der Waals surface area (Å²) in [5.74, 6) is 0. The second kappa shape index (κ2) is 7.02. The van der Waals surface area contributed by atoms with Crippen LogP contribution in [0.5, 0.6) is 0 Å². The summed E-state index contributed by atoms with van der Waals surface area (Å²) in [5, 5.41) is 6.84. The molecule has 2 N–H and O–H groups in total. The Morgan fingerprint density at radius 3 is 2.89 bits per heavy atom. The number of benzene rings is 1. The summed E-state index contributed by atoms with van der Waals surface area (Å²) in [6.45, 7) is 5.20. The quantitative estimate of drug-likeness (QED) is 0.776. The predicted octanol–water partition coefficient (Wildman–Crippen LogP) is 2.95. The number of hydrogen-bond donors (Lipinski definition) is 2. The summed E-state index contributed by atoms with van der Waals surface area (Å²) >= 11 is 0. The van der Waals surface area contributed by atoms with Crippen LogP contribution in [0.25, 0.3) is 6.08 Å². The molecule has 1 saturated heterocycles. The third kappa shape index (κ3) is 4.38. The molecule has 2 rings (SSSR count). The van der Waals surface area contributed by atoms with Crippen molar-refractivity contribution in [3.63, 3.8) is 0 Å². The van der Waals surface area contributed by atoms with Crippen LogP contribution < -0.4 is 10.6 Å². The lowest BCUT2D eigenvalue weighted by atomic mass is 10.1. The van der Waals surface area contributed by atoms with Crippen molar-refractivity contribution in [2.45, 2.75) is 19.8 Å². The topological polar surface area (TPSA) is 24.1 Å². The molecule has 0 atom stereocenters. The van der Waals surface area contributed by atoms with Crippen molar-refractivity contribution in [1.29, 1.82) is 0 Å². The molecular weight excluding hydrogens is 220 g/mol. The lowest BCUT2D eigenvalue weighted by molar-refractivity contribution is 0.806. The van der Waals surface area contributed by atoms with Crippen LogP contribution in [0, 0.1) is 0 Å². The fraction of sp³-hybridized carbons (Fsp3) is 0.375. The second-order valence-corrected chi connectivity index (χ2v) is 4.79. The van der Waals surface area contributed by atoms with Crippen molar-refractivity contribution in [1.82, 2.24) is 10.6 Å². The van der Waals surface area contributed by atoms with Crippen molar-refractivity contribution in [3.05, 3.63) is 53.2 Å². The molecule has 1 heterocycles. The van der Waals surface area contributed by atoms with Crippen molar-refractivity contribution in [2.24, 2.45) is 0 Å². The first-order valence-electron chi connectivity index (χ1n) is 6.70. The van der Waals surface area contributed by atoms with E-state index in [4.69, 9.17) is 0 Å². The van der Waals surface area contributed by atoms with Gasteiger partial charge >= 0.3 is 0 Å². The zero-order valence-corrected chi connectivity index (χ0v) is 11.1. The van der Waals surface area contributed by atoms with E-state index in [0.29, 0.717) is 0 Å². The highest BCUT2D eigenvalue weighted by atomic mass is 14.9. The van der Waals surface area contributed by atoms with Gasteiger partial charge in [0.05, 0.1) is 0 Å². The van der Waals surface area contributed by atoms with Gasteiger partial charge in [-0.1, -0.05) is 48.1 Å². The van der Waals surface area contributed by atoms with E-state index in [2.05, 4.69) is 54.0 Å². The molecular formula is C16H22N2. The Balaban J connectivity index is 1.73. The smallest absolute Gasteiger partial charge is 0.0168 e. The molecule has 0 bridgehead atoms. The minimum atomic E-state index is 0.943. The van der Waals surface area contributed by atoms with E-state index in [1.807, 2.05) is 6.07 Å². The van der Waals surface area contributed by atoms with Crippen LogP contribution in [0.2, 0.25) is 0 Å². The maximum atomic E-state index is 3.45. The summed E-state index contributed by atoms with van der Waals surface area (Å²) in [5.41, 5.74) is 4.03. The van der Waals surface area contributed by atoms with Gasteiger partial charge < -0.3 is 10.6 Å². The van der Waals surface area contributed by atoms with E-state index < -0.39 is 0 Å². The van der Waals surface area contributed by atoms with Gasteiger partial charge in [0.15, 0.2) is 0 Å². The maximum Gasteiger partial charge on any atom is 0.0168 e. The number of hydrogen-bond acceptors (Lipinski definition) is 2. The van der Waals surface area contributed by atoms with Crippen molar-refractivity contribution in [3.8, 4) is 0 Å². The van der Waals surface area contributed by atoms with E-state index in [1.54, 1.807) is 0 Å². The van der Waals surface area contributed by atoms with Gasteiger partial charge in [-0.3, -0.25) is 0 Å². The Kier molecular flexibility index (Phi) is 5.03. The normalized spacial score (nSPS) is 18.1. The molecule has 96 valence electrons. The van der Waals surface area contributed by atoms with Crippen LogP contribution in [0.1, 0.15) is 25.3 Å². The van der Waals surface area contributed by atoms with E-state index in [9.17, 15) is 0 Å². The predicted molar refractivity (Wildman–Crippen MR) is 78.3 cm³/mol. The molecule has 0 saturated carbocycles. The summed E-state index contributed by atoms with van der Waals surface area (Å²) in [4.78, 5) is 0. The van der Waals surface area contributed by atoms with E-state index in [-0.39, 0.29) is 0 Å². The average molecular weight is 242 g/mol. The minimum absolute atomic E-state index is 0.943. The number of allylic oxidation sites excluding steroid dienone is 1. The Bertz CT molecular complexity index is 410. The molecule has 0 unspecified atom stereocenters. The van der Waals surface area contributed by atoms with Gasteiger partial charge in [-0.2, -0.15) is 0 Å². The summed E-state index contributed by atoms with van der Waals surface area (Å²) in [7, 11) is 0. The molecule has 18 heavy (non-hydrogen) atoms. The third-order valence-corrected chi connectivity index (χ3v) is 3.08. The first kappa shape index (κ1) is 12.9. The Morgan fingerprint density at radius 1 is 1.33 bits per heavy atom. The lowest BCUT2D eigenvalue weighted by Crippen LogP contribution is -2.17. The van der Waals surface area contributed by atoms with Gasteiger partial charge in [0.1, 0.15) is 0 Å². The minimum Gasteiger partial charge on any atom is -0.389 e. The molecule has 0 radical (unpaired) electrons. The molecule has 1 aromatic carbocycles. The molecule has 1 aliphatic heterocycles. The monoisotopic (exact) mass is 242 g/mol. The van der Waals surface area contributed by atoms with Crippen molar-refractivity contribution < 1.29 is 0 Å². The van der Waals surface area contributed by atoms with E-state index in [0.717, 1.165) is 19.6 Å². The lowest BCUT2D eigenvalue weighted by Gasteiger charge is -2.04. The SMILES string of the molecule is C/C(=C\c1ccccc1)CNC/C=C1\CCCN1. The van der Waals surface area contributed by atoms with E-state index >= 15 is 0 Å². The molecule has 0 aromatic heterocycles. The number of nitrogens with one attached hydrogen (secondary N) is 2. The van der Waals surface area contributed by atoms with Gasteiger partial charge in [-0.25, -0.2) is 0 Å². The standard InChI is InChI=1S/C16H22N2/c1-14(12-15-6-3-2-4-7-15)13-17-11-9-16-8-5-10-18-16/h2-4,6-7,9,12,17-18H,5,8,10-11,13H2,1H3/b14-12+,16-9+. The van der Waals surface area contributed by atoms with Crippen molar-refractivity contribution in [2.75, 3.05) is 19.6 Å². The van der Waals surface area contributed by atoms with Gasteiger partial charge in [0, 0.05) is 25.3 Å². The largest absolute Gasteiger partial charge is 0.389 e. The van der Waals surface area contributed by atoms with Crippen LogP contribution >= 0.6 is 0 Å². The first-order chi connectivity index (χ1) is 8.84. The fourth-order valence-electron chi connectivity index (χ4n) is 2.14. The van der Waals surface area contributed by atoms with Crippen LogP contribution in [0.4, 0.5) is 0 Å². The van der Waals surface area contributed by atoms with E-state index in [1.165, 1.54) is 29.7 Å². The molecule has 1 aromatic rings. The Hall–Kier alpha value is -1.54. The third-order valence-electron chi connectivity index (χ3n) is 3.08. The molecule has 1 aliphatic rings. The molecule has 2 nitrogen and oxygen atoms in total. The van der Waals surface area contributed by atoms with Crippen LogP contribution in [0.15, 0.2) is 47.7 Å². The molecule has 1 fully saturated rings. The maximum absolute atomic E-state index is 3.45. The summed E-state index contributed by atoms with van der Waals surface area (Å²) < 4.78 is 0. The highest BCUT2D eigenvalue weighted by Crippen LogP contribution is 2.07. The van der Waals surface area contributed by atoms with Gasteiger partial charge in [0.2, 0.25) is 0 Å². The molecule has 0 spiro atoms. The van der Waals surface area contributed by atoms with Gasteiger partial charge in [-0.05, 0) is 25.3 Å². The van der Waals surface area contributed by atoms with Crippen molar-refractivity contribution >= 4 is 6.08 Å². The van der Waals surface area contributed by atoms with Crippen LogP contribution in [-0.2, 0) is 0 Å². The zero-order valence-electron chi connectivity index (χ0n) is 11.1. The summed E-state index contributed by atoms with van der Waals surface area (Å²) in [6, 6.07) is 10.5. The van der Waals surface area contributed by atoms with Gasteiger partial charge in [0.25, 0.3) is 0 Å². The number of rotatable bonds is 5. The Labute approximate surface area is 110 Å². The highest BCUT2D eigenvalue weighted by Gasteiger charge is 2.03. The first-order valence-corrected chi connectivity index (χ1v) is 6.70. The molecule has 0 aliphatic carbocycles. The zero-order chi connectivity index (χ0) is 12.6. The fourth-order valence-corrected chi connectivity index (χ4v) is 2.14. The van der Waals surface area contributed by atoms with Gasteiger partial charge in [-0.15, -0.1) is 0 Å². The average Bonchev–Trinajstić information content (AvgIpc) is 2.89. The summed E-state index contributed by atoms with van der Waals surface area (Å²) in [6.07, 6.45) is 6.98.